The van der Waals surface area contributed by atoms with Crippen molar-refractivity contribution >= 4 is 12.0 Å². The van der Waals surface area contributed by atoms with Gasteiger partial charge in [0, 0.05) is 24.0 Å². The van der Waals surface area contributed by atoms with E-state index in [9.17, 15) is 5.11 Å². The summed E-state index contributed by atoms with van der Waals surface area (Å²) in [6, 6.07) is 8.11. The third-order valence-electron chi connectivity index (χ3n) is 2.32. The topological polar surface area (TPSA) is 65.7 Å². The molecule has 2 aromatic rings. The third-order valence-corrected chi connectivity index (χ3v) is 2.32. The van der Waals surface area contributed by atoms with E-state index in [1.807, 2.05) is 19.1 Å². The lowest BCUT2D eigenvalue weighted by molar-refractivity contribution is 0.450. The zero-order valence-corrected chi connectivity index (χ0v) is 9.33. The van der Waals surface area contributed by atoms with Crippen LogP contribution in [0.25, 0.3) is 0 Å². The maximum atomic E-state index is 9.57. The van der Waals surface area contributed by atoms with Crippen molar-refractivity contribution < 1.29 is 10.2 Å². The highest BCUT2D eigenvalue weighted by Gasteiger charge is 2.00. The average Bonchev–Trinajstić information content (AvgIpc) is 2.30. The molecule has 0 spiro atoms. The van der Waals surface area contributed by atoms with Crippen molar-refractivity contribution in [2.24, 2.45) is 4.99 Å². The number of aromatic nitrogens is 1. The Morgan fingerprint density at radius 2 is 2.06 bits per heavy atom. The van der Waals surface area contributed by atoms with Crippen LogP contribution < -0.4 is 0 Å². The molecule has 2 rings (SSSR count). The molecule has 4 heteroatoms. The van der Waals surface area contributed by atoms with Crippen LogP contribution in [0.1, 0.15) is 11.1 Å². The second kappa shape index (κ2) is 4.65. The van der Waals surface area contributed by atoms with Crippen LogP contribution >= 0.6 is 0 Å². The Morgan fingerprint density at radius 3 is 2.76 bits per heavy atom. The Hall–Kier alpha value is -2.36. The minimum atomic E-state index is -0.0117. The van der Waals surface area contributed by atoms with Crippen molar-refractivity contribution in [2.75, 3.05) is 0 Å². The highest BCUT2D eigenvalue weighted by atomic mass is 16.3. The zero-order valence-electron chi connectivity index (χ0n) is 9.33. The number of hydrogen-bond donors (Lipinski definition) is 2. The SMILES string of the molecule is Cc1cccnc1/N=C/c1ccc(O)cc1O. The monoisotopic (exact) mass is 228 g/mol. The summed E-state index contributed by atoms with van der Waals surface area (Å²) in [6.45, 7) is 1.91. The van der Waals surface area contributed by atoms with Gasteiger partial charge in [-0.05, 0) is 30.7 Å². The molecule has 4 nitrogen and oxygen atoms in total. The fraction of sp³-hybridized carbons (Fsp3) is 0.0769. The molecule has 86 valence electrons. The molecule has 1 heterocycles. The first-order valence-electron chi connectivity index (χ1n) is 5.14. The maximum Gasteiger partial charge on any atom is 0.154 e. The molecule has 0 aliphatic heterocycles. The van der Waals surface area contributed by atoms with E-state index in [0.29, 0.717) is 11.4 Å². The number of benzene rings is 1. The highest BCUT2D eigenvalue weighted by molar-refractivity contribution is 5.85. The number of rotatable bonds is 2. The van der Waals surface area contributed by atoms with Gasteiger partial charge in [-0.25, -0.2) is 9.98 Å². The number of pyridine rings is 1. The Morgan fingerprint density at radius 1 is 1.24 bits per heavy atom. The molecule has 17 heavy (non-hydrogen) atoms. The first-order chi connectivity index (χ1) is 8.16. The Bertz CT molecular complexity index is 565. The Labute approximate surface area is 98.9 Å². The molecule has 0 aliphatic rings. The lowest BCUT2D eigenvalue weighted by atomic mass is 10.2. The van der Waals surface area contributed by atoms with E-state index in [-0.39, 0.29) is 11.5 Å². The summed E-state index contributed by atoms with van der Waals surface area (Å²) < 4.78 is 0. The van der Waals surface area contributed by atoms with Crippen molar-refractivity contribution in [3.05, 3.63) is 47.7 Å². The summed E-state index contributed by atoms with van der Waals surface area (Å²) in [5.74, 6) is 0.621. The summed E-state index contributed by atoms with van der Waals surface area (Å²) in [6.07, 6.45) is 3.18. The van der Waals surface area contributed by atoms with E-state index in [1.165, 1.54) is 18.3 Å². The number of phenolic OH excluding ortho intramolecular Hbond substituents is 2. The van der Waals surface area contributed by atoms with Crippen LogP contribution in [0.5, 0.6) is 11.5 Å². The van der Waals surface area contributed by atoms with E-state index >= 15 is 0 Å². The van der Waals surface area contributed by atoms with Gasteiger partial charge in [0.2, 0.25) is 0 Å². The quantitative estimate of drug-likeness (QED) is 0.776. The zero-order chi connectivity index (χ0) is 12.3. The molecule has 0 saturated heterocycles. The van der Waals surface area contributed by atoms with Crippen LogP contribution in [-0.2, 0) is 0 Å². The minimum absolute atomic E-state index is 0.0117. The summed E-state index contributed by atoms with van der Waals surface area (Å²) in [5, 5.41) is 18.7. The first kappa shape index (κ1) is 11.1. The van der Waals surface area contributed by atoms with E-state index < -0.39 is 0 Å². The van der Waals surface area contributed by atoms with Gasteiger partial charge in [-0.2, -0.15) is 0 Å². The molecule has 2 N–H and O–H groups in total. The number of phenols is 2. The number of aromatic hydroxyl groups is 2. The van der Waals surface area contributed by atoms with Crippen molar-refractivity contribution in [1.29, 1.82) is 0 Å². The second-order valence-electron chi connectivity index (χ2n) is 3.65. The summed E-state index contributed by atoms with van der Waals surface area (Å²) in [4.78, 5) is 8.30. The number of hydrogen-bond acceptors (Lipinski definition) is 4. The molecular weight excluding hydrogens is 216 g/mol. The maximum absolute atomic E-state index is 9.57. The second-order valence-corrected chi connectivity index (χ2v) is 3.65. The van der Waals surface area contributed by atoms with Crippen LogP contribution in [0.4, 0.5) is 5.82 Å². The van der Waals surface area contributed by atoms with Crippen LogP contribution in [0.15, 0.2) is 41.5 Å². The largest absolute Gasteiger partial charge is 0.508 e. The molecule has 0 aliphatic carbocycles. The van der Waals surface area contributed by atoms with E-state index in [1.54, 1.807) is 12.3 Å². The fourth-order valence-electron chi connectivity index (χ4n) is 1.38. The summed E-state index contributed by atoms with van der Waals surface area (Å²) >= 11 is 0. The Balaban J connectivity index is 2.29. The summed E-state index contributed by atoms with van der Waals surface area (Å²) in [5.41, 5.74) is 1.50. The third kappa shape index (κ3) is 2.60. The number of aliphatic imine (C=N–C) groups is 1. The number of nitrogens with zero attached hydrogens (tertiary/aromatic N) is 2. The van der Waals surface area contributed by atoms with Crippen LogP contribution in [0.2, 0.25) is 0 Å². The van der Waals surface area contributed by atoms with Gasteiger partial charge in [0.15, 0.2) is 5.82 Å². The highest BCUT2D eigenvalue weighted by Crippen LogP contribution is 2.22. The molecule has 0 saturated carbocycles. The van der Waals surface area contributed by atoms with Gasteiger partial charge >= 0.3 is 0 Å². The standard InChI is InChI=1S/C13H12N2O2/c1-9-3-2-6-14-13(9)15-8-10-4-5-11(16)7-12(10)17/h2-8,16-17H,1H3/b15-8+. The van der Waals surface area contributed by atoms with Gasteiger partial charge in [-0.15, -0.1) is 0 Å². The molecule has 1 aromatic carbocycles. The van der Waals surface area contributed by atoms with Gasteiger partial charge in [0.25, 0.3) is 0 Å². The average molecular weight is 228 g/mol. The molecule has 0 unspecified atom stereocenters. The molecule has 0 bridgehead atoms. The van der Waals surface area contributed by atoms with Crippen molar-refractivity contribution in [3.63, 3.8) is 0 Å². The molecule has 1 aromatic heterocycles. The normalized spacial score (nSPS) is 10.9. The van der Waals surface area contributed by atoms with Crippen molar-refractivity contribution in [1.82, 2.24) is 4.98 Å². The smallest absolute Gasteiger partial charge is 0.154 e. The Kier molecular flexibility index (Phi) is 3.05. The molecule has 0 amide bonds. The molecular formula is C13H12N2O2. The van der Waals surface area contributed by atoms with Gasteiger partial charge in [-0.1, -0.05) is 6.07 Å². The van der Waals surface area contributed by atoms with Crippen LogP contribution in [0.3, 0.4) is 0 Å². The number of aryl methyl sites for hydroxylation is 1. The minimum Gasteiger partial charge on any atom is -0.508 e. The van der Waals surface area contributed by atoms with E-state index in [4.69, 9.17) is 5.11 Å². The first-order valence-corrected chi connectivity index (χ1v) is 5.14. The van der Waals surface area contributed by atoms with Gasteiger partial charge in [0.05, 0.1) is 0 Å². The van der Waals surface area contributed by atoms with Crippen LogP contribution in [-0.4, -0.2) is 21.4 Å². The summed E-state index contributed by atoms with van der Waals surface area (Å²) in [7, 11) is 0. The van der Waals surface area contributed by atoms with Gasteiger partial charge < -0.3 is 10.2 Å². The lowest BCUT2D eigenvalue weighted by Crippen LogP contribution is -1.84. The lowest BCUT2D eigenvalue weighted by Gasteiger charge is -2.00. The van der Waals surface area contributed by atoms with Crippen molar-refractivity contribution in [3.8, 4) is 11.5 Å². The van der Waals surface area contributed by atoms with E-state index in [0.717, 1.165) is 5.56 Å². The molecule has 0 atom stereocenters. The fourth-order valence-corrected chi connectivity index (χ4v) is 1.38. The predicted octanol–water partition coefficient (Wildman–Crippen LogP) is 2.55. The van der Waals surface area contributed by atoms with Crippen LogP contribution in [0, 0.1) is 6.92 Å². The van der Waals surface area contributed by atoms with E-state index in [2.05, 4.69) is 9.98 Å². The van der Waals surface area contributed by atoms with Crippen molar-refractivity contribution in [2.45, 2.75) is 6.92 Å². The molecule has 0 fully saturated rings. The predicted molar refractivity (Wildman–Crippen MR) is 66.0 cm³/mol. The van der Waals surface area contributed by atoms with Gasteiger partial charge in [-0.3, -0.25) is 0 Å². The van der Waals surface area contributed by atoms with Gasteiger partial charge in [0.1, 0.15) is 11.5 Å². The molecule has 0 radical (unpaired) electrons.